The molecule has 0 aliphatic carbocycles. The molecule has 0 fully saturated rings. The Morgan fingerprint density at radius 3 is 2.17 bits per heavy atom. The highest BCUT2D eigenvalue weighted by atomic mass is 16.4. The SMILES string of the molecule is CC(C)CC[C@@H](C(=O)O)[C@H](C)CC(=O)NNC(=O)c1ccccc1. The van der Waals surface area contributed by atoms with Gasteiger partial charge in [0.15, 0.2) is 0 Å². The molecular weight excluding hydrogens is 308 g/mol. The lowest BCUT2D eigenvalue weighted by Crippen LogP contribution is -2.42. The van der Waals surface area contributed by atoms with Gasteiger partial charge in [0.1, 0.15) is 0 Å². The maximum Gasteiger partial charge on any atom is 0.306 e. The van der Waals surface area contributed by atoms with E-state index in [1.807, 2.05) is 13.8 Å². The summed E-state index contributed by atoms with van der Waals surface area (Å²) >= 11 is 0. The van der Waals surface area contributed by atoms with E-state index in [4.69, 9.17) is 0 Å². The molecule has 0 bridgehead atoms. The summed E-state index contributed by atoms with van der Waals surface area (Å²) in [6.07, 6.45) is 1.38. The summed E-state index contributed by atoms with van der Waals surface area (Å²) in [5.74, 6) is -2.16. The van der Waals surface area contributed by atoms with Gasteiger partial charge in [-0.1, -0.05) is 45.4 Å². The van der Waals surface area contributed by atoms with E-state index in [2.05, 4.69) is 10.9 Å². The molecule has 1 rings (SSSR count). The van der Waals surface area contributed by atoms with Crippen molar-refractivity contribution in [3.8, 4) is 0 Å². The van der Waals surface area contributed by atoms with Gasteiger partial charge >= 0.3 is 5.97 Å². The van der Waals surface area contributed by atoms with Crippen molar-refractivity contribution in [3.05, 3.63) is 35.9 Å². The van der Waals surface area contributed by atoms with Gasteiger partial charge in [-0.3, -0.25) is 25.2 Å². The smallest absolute Gasteiger partial charge is 0.306 e. The van der Waals surface area contributed by atoms with E-state index >= 15 is 0 Å². The van der Waals surface area contributed by atoms with Crippen molar-refractivity contribution in [3.63, 3.8) is 0 Å². The van der Waals surface area contributed by atoms with E-state index in [9.17, 15) is 19.5 Å². The summed E-state index contributed by atoms with van der Waals surface area (Å²) in [6.45, 7) is 5.82. The van der Waals surface area contributed by atoms with Crippen molar-refractivity contribution >= 4 is 17.8 Å². The molecule has 132 valence electrons. The standard InChI is InChI=1S/C18H26N2O4/c1-12(2)9-10-15(18(23)24)13(3)11-16(21)19-20-17(22)14-7-5-4-6-8-14/h4-8,12-13,15H,9-11H2,1-3H3,(H,19,21)(H,20,22)(H,23,24)/t13-,15-/m1/s1. The van der Waals surface area contributed by atoms with Gasteiger partial charge in [-0.25, -0.2) is 0 Å². The highest BCUT2D eigenvalue weighted by molar-refractivity contribution is 5.95. The third kappa shape index (κ3) is 6.81. The zero-order valence-corrected chi connectivity index (χ0v) is 14.4. The molecule has 0 aromatic heterocycles. The van der Waals surface area contributed by atoms with Crippen LogP contribution in [0.1, 0.15) is 50.4 Å². The van der Waals surface area contributed by atoms with Gasteiger partial charge in [0, 0.05) is 12.0 Å². The van der Waals surface area contributed by atoms with E-state index in [0.717, 1.165) is 6.42 Å². The normalized spacial score (nSPS) is 13.2. The molecule has 0 aliphatic heterocycles. The van der Waals surface area contributed by atoms with Crippen molar-refractivity contribution in [1.82, 2.24) is 10.9 Å². The molecule has 6 nitrogen and oxygen atoms in total. The Labute approximate surface area is 142 Å². The van der Waals surface area contributed by atoms with Gasteiger partial charge in [0.05, 0.1) is 5.92 Å². The fraction of sp³-hybridized carbons (Fsp3) is 0.500. The molecule has 0 unspecified atom stereocenters. The summed E-state index contributed by atoms with van der Waals surface area (Å²) in [7, 11) is 0. The van der Waals surface area contributed by atoms with Gasteiger partial charge < -0.3 is 5.11 Å². The van der Waals surface area contributed by atoms with Crippen LogP contribution in [0.4, 0.5) is 0 Å². The van der Waals surface area contributed by atoms with Crippen molar-refractivity contribution in [2.45, 2.75) is 40.0 Å². The first-order valence-electron chi connectivity index (χ1n) is 8.18. The Balaban J connectivity index is 2.47. The van der Waals surface area contributed by atoms with Crippen LogP contribution >= 0.6 is 0 Å². The van der Waals surface area contributed by atoms with Crippen LogP contribution in [-0.4, -0.2) is 22.9 Å². The second-order valence-corrected chi connectivity index (χ2v) is 6.47. The van der Waals surface area contributed by atoms with Gasteiger partial charge in [-0.05, 0) is 30.4 Å². The Hall–Kier alpha value is -2.37. The Bertz CT molecular complexity index is 557. The number of carbonyl (C=O) groups excluding carboxylic acids is 2. The summed E-state index contributed by atoms with van der Waals surface area (Å²) in [5, 5.41) is 9.33. The Morgan fingerprint density at radius 2 is 1.62 bits per heavy atom. The lowest BCUT2D eigenvalue weighted by molar-refractivity contribution is -0.144. The highest BCUT2D eigenvalue weighted by Gasteiger charge is 2.26. The number of hydrazine groups is 1. The number of carboxylic acid groups (broad SMARTS) is 1. The third-order valence-corrected chi connectivity index (χ3v) is 3.92. The van der Waals surface area contributed by atoms with Gasteiger partial charge in [0.2, 0.25) is 5.91 Å². The first-order valence-corrected chi connectivity index (χ1v) is 8.18. The van der Waals surface area contributed by atoms with E-state index in [0.29, 0.717) is 17.9 Å². The predicted molar refractivity (Wildman–Crippen MR) is 91.0 cm³/mol. The fourth-order valence-corrected chi connectivity index (χ4v) is 2.44. The number of aliphatic carboxylic acids is 1. The Kier molecular flexibility index (Phi) is 7.95. The zero-order valence-electron chi connectivity index (χ0n) is 14.4. The second kappa shape index (κ2) is 9.70. The van der Waals surface area contributed by atoms with Crippen molar-refractivity contribution in [1.29, 1.82) is 0 Å². The Morgan fingerprint density at radius 1 is 1.00 bits per heavy atom. The molecular formula is C18H26N2O4. The molecule has 0 radical (unpaired) electrons. The molecule has 3 N–H and O–H groups in total. The summed E-state index contributed by atoms with van der Waals surface area (Å²) in [4.78, 5) is 35.2. The summed E-state index contributed by atoms with van der Waals surface area (Å²) in [5.41, 5.74) is 5.11. The molecule has 24 heavy (non-hydrogen) atoms. The number of nitrogens with one attached hydrogen (secondary N) is 2. The van der Waals surface area contributed by atoms with Crippen LogP contribution in [0.15, 0.2) is 30.3 Å². The van der Waals surface area contributed by atoms with Crippen molar-refractivity contribution < 1.29 is 19.5 Å². The van der Waals surface area contributed by atoms with Crippen LogP contribution in [0.5, 0.6) is 0 Å². The van der Waals surface area contributed by atoms with E-state index in [1.54, 1.807) is 37.3 Å². The molecule has 2 amide bonds. The number of carbonyl (C=O) groups is 3. The fourth-order valence-electron chi connectivity index (χ4n) is 2.44. The lowest BCUT2D eigenvalue weighted by atomic mass is 9.85. The largest absolute Gasteiger partial charge is 0.481 e. The average molecular weight is 334 g/mol. The monoisotopic (exact) mass is 334 g/mol. The molecule has 0 saturated heterocycles. The van der Waals surface area contributed by atoms with Crippen LogP contribution in [-0.2, 0) is 9.59 Å². The van der Waals surface area contributed by atoms with Gasteiger partial charge in [-0.15, -0.1) is 0 Å². The third-order valence-electron chi connectivity index (χ3n) is 3.92. The molecule has 0 spiro atoms. The minimum Gasteiger partial charge on any atom is -0.481 e. The quantitative estimate of drug-likeness (QED) is 0.637. The van der Waals surface area contributed by atoms with Crippen LogP contribution in [0, 0.1) is 17.8 Å². The van der Waals surface area contributed by atoms with Gasteiger partial charge in [-0.2, -0.15) is 0 Å². The minimum absolute atomic E-state index is 0.0458. The molecule has 2 atom stereocenters. The number of hydrogen-bond donors (Lipinski definition) is 3. The van der Waals surface area contributed by atoms with Crippen molar-refractivity contribution in [2.75, 3.05) is 0 Å². The maximum atomic E-state index is 11.9. The second-order valence-electron chi connectivity index (χ2n) is 6.47. The van der Waals surface area contributed by atoms with E-state index in [1.165, 1.54) is 0 Å². The van der Waals surface area contributed by atoms with E-state index < -0.39 is 23.7 Å². The van der Waals surface area contributed by atoms with Crippen molar-refractivity contribution in [2.24, 2.45) is 17.8 Å². The molecule has 1 aromatic rings. The summed E-state index contributed by atoms with van der Waals surface area (Å²) in [6, 6.07) is 8.52. The minimum atomic E-state index is -0.885. The lowest BCUT2D eigenvalue weighted by Gasteiger charge is -2.20. The number of benzene rings is 1. The first-order chi connectivity index (χ1) is 11.3. The van der Waals surface area contributed by atoms with Crippen LogP contribution < -0.4 is 10.9 Å². The van der Waals surface area contributed by atoms with Crippen LogP contribution in [0.2, 0.25) is 0 Å². The first kappa shape index (κ1) is 19.7. The maximum absolute atomic E-state index is 11.9. The van der Waals surface area contributed by atoms with Crippen LogP contribution in [0.25, 0.3) is 0 Å². The molecule has 0 saturated carbocycles. The number of rotatable bonds is 8. The molecule has 1 aromatic carbocycles. The number of hydrogen-bond acceptors (Lipinski definition) is 3. The average Bonchev–Trinajstić information content (AvgIpc) is 2.52. The van der Waals surface area contributed by atoms with Crippen LogP contribution in [0.3, 0.4) is 0 Å². The summed E-state index contributed by atoms with van der Waals surface area (Å²) < 4.78 is 0. The highest BCUT2D eigenvalue weighted by Crippen LogP contribution is 2.23. The van der Waals surface area contributed by atoms with E-state index in [-0.39, 0.29) is 12.3 Å². The van der Waals surface area contributed by atoms with Gasteiger partial charge in [0.25, 0.3) is 5.91 Å². The molecule has 6 heteroatoms. The number of carboxylic acids is 1. The zero-order chi connectivity index (χ0) is 18.1. The molecule has 0 heterocycles. The topological polar surface area (TPSA) is 95.5 Å². The number of amides is 2. The predicted octanol–water partition coefficient (Wildman–Crippen LogP) is 2.61. The molecule has 0 aliphatic rings.